The van der Waals surface area contributed by atoms with Gasteiger partial charge in [-0.3, -0.25) is 0 Å². The minimum atomic E-state index is -2.98. The van der Waals surface area contributed by atoms with E-state index in [1.165, 1.54) is 6.26 Å². The van der Waals surface area contributed by atoms with Crippen LogP contribution in [0, 0.1) is 0 Å². The average Bonchev–Trinajstić information content (AvgIpc) is 2.77. The molecule has 1 saturated carbocycles. The van der Waals surface area contributed by atoms with Crippen LogP contribution in [0.4, 0.5) is 5.69 Å². The van der Waals surface area contributed by atoms with Gasteiger partial charge >= 0.3 is 0 Å². The molecule has 4 nitrogen and oxygen atoms in total. The molecule has 2 atom stereocenters. The molecular weight excluding hydrogens is 250 g/mol. The topological polar surface area (TPSA) is 55.4 Å². The van der Waals surface area contributed by atoms with Crippen molar-refractivity contribution in [1.29, 1.82) is 0 Å². The summed E-state index contributed by atoms with van der Waals surface area (Å²) in [6.07, 6.45) is 3.93. The number of hydrogen-bond acceptors (Lipinski definition) is 4. The van der Waals surface area contributed by atoms with E-state index < -0.39 is 9.84 Å². The van der Waals surface area contributed by atoms with Gasteiger partial charge in [-0.1, -0.05) is 6.07 Å². The molecule has 0 aromatic heterocycles. The Morgan fingerprint density at radius 3 is 2.78 bits per heavy atom. The van der Waals surface area contributed by atoms with Crippen LogP contribution in [0.3, 0.4) is 0 Å². The minimum Gasteiger partial charge on any atom is -0.497 e. The van der Waals surface area contributed by atoms with Gasteiger partial charge < -0.3 is 10.1 Å². The number of nitrogens with one attached hydrogen (secondary N) is 1. The highest BCUT2D eigenvalue weighted by molar-refractivity contribution is 7.91. The van der Waals surface area contributed by atoms with Crippen LogP contribution >= 0.6 is 0 Å². The van der Waals surface area contributed by atoms with E-state index in [1.807, 2.05) is 24.3 Å². The molecule has 1 aliphatic rings. The first-order chi connectivity index (χ1) is 8.50. The van der Waals surface area contributed by atoms with Gasteiger partial charge in [0, 0.05) is 24.1 Å². The van der Waals surface area contributed by atoms with Crippen LogP contribution < -0.4 is 10.1 Å². The lowest BCUT2D eigenvalue weighted by Crippen LogP contribution is -2.34. The third-order valence-corrected chi connectivity index (χ3v) is 5.09. The van der Waals surface area contributed by atoms with E-state index >= 15 is 0 Å². The Kier molecular flexibility index (Phi) is 3.80. The van der Waals surface area contributed by atoms with E-state index in [0.717, 1.165) is 30.7 Å². The Labute approximate surface area is 108 Å². The Bertz CT molecular complexity index is 513. The van der Waals surface area contributed by atoms with Crippen LogP contribution in [0.15, 0.2) is 24.3 Å². The van der Waals surface area contributed by atoms with Gasteiger partial charge in [-0.25, -0.2) is 8.42 Å². The third-order valence-electron chi connectivity index (χ3n) is 3.42. The van der Waals surface area contributed by atoms with Crippen LogP contribution in [0.25, 0.3) is 0 Å². The molecule has 1 N–H and O–H groups in total. The Morgan fingerprint density at radius 2 is 2.11 bits per heavy atom. The molecule has 0 aliphatic heterocycles. The second kappa shape index (κ2) is 5.18. The molecule has 0 radical (unpaired) electrons. The normalized spacial score (nSPS) is 23.9. The lowest BCUT2D eigenvalue weighted by molar-refractivity contribution is 0.415. The maximum absolute atomic E-state index is 11.7. The molecule has 1 aliphatic carbocycles. The molecule has 2 unspecified atom stereocenters. The zero-order valence-electron chi connectivity index (χ0n) is 10.7. The highest BCUT2D eigenvalue weighted by Gasteiger charge is 2.34. The number of methoxy groups -OCH3 is 1. The van der Waals surface area contributed by atoms with Crippen molar-refractivity contribution in [1.82, 2.24) is 0 Å². The molecule has 1 fully saturated rings. The number of hydrogen-bond donors (Lipinski definition) is 1. The highest BCUT2D eigenvalue weighted by atomic mass is 32.2. The average molecular weight is 269 g/mol. The maximum atomic E-state index is 11.7. The molecule has 18 heavy (non-hydrogen) atoms. The second-order valence-corrected chi connectivity index (χ2v) is 7.05. The maximum Gasteiger partial charge on any atom is 0.152 e. The lowest BCUT2D eigenvalue weighted by Gasteiger charge is -2.20. The predicted molar refractivity (Wildman–Crippen MR) is 72.9 cm³/mol. The standard InChI is InChI=1S/C13H19NO3S/c1-17-11-6-3-5-10(9-11)14-12-7-4-8-13(12)18(2,15)16/h3,5-6,9,12-14H,4,7-8H2,1-2H3. The van der Waals surface area contributed by atoms with Gasteiger partial charge in [0.25, 0.3) is 0 Å². The smallest absolute Gasteiger partial charge is 0.152 e. The molecule has 1 aromatic carbocycles. The molecule has 2 rings (SSSR count). The fraction of sp³-hybridized carbons (Fsp3) is 0.538. The summed E-state index contributed by atoms with van der Waals surface area (Å²) in [5, 5.41) is 3.04. The zero-order valence-corrected chi connectivity index (χ0v) is 11.5. The third kappa shape index (κ3) is 2.96. The van der Waals surface area contributed by atoms with Gasteiger partial charge in [0.1, 0.15) is 5.75 Å². The monoisotopic (exact) mass is 269 g/mol. The summed E-state index contributed by atoms with van der Waals surface area (Å²) in [6.45, 7) is 0. The SMILES string of the molecule is COc1cccc(NC2CCCC2S(C)(=O)=O)c1. The summed E-state index contributed by atoms with van der Waals surface area (Å²) in [7, 11) is -1.36. The van der Waals surface area contributed by atoms with E-state index in [-0.39, 0.29) is 11.3 Å². The highest BCUT2D eigenvalue weighted by Crippen LogP contribution is 2.28. The summed E-state index contributed by atoms with van der Waals surface area (Å²) in [5.41, 5.74) is 0.912. The minimum absolute atomic E-state index is 0.00658. The number of benzene rings is 1. The summed E-state index contributed by atoms with van der Waals surface area (Å²) in [5.74, 6) is 0.772. The van der Waals surface area contributed by atoms with E-state index in [4.69, 9.17) is 4.74 Å². The molecule has 5 heteroatoms. The molecule has 100 valence electrons. The van der Waals surface area contributed by atoms with Crippen LogP contribution in [0.2, 0.25) is 0 Å². The van der Waals surface area contributed by atoms with Crippen molar-refractivity contribution < 1.29 is 13.2 Å². The van der Waals surface area contributed by atoms with Crippen molar-refractivity contribution in [2.45, 2.75) is 30.6 Å². The van der Waals surface area contributed by atoms with Gasteiger partial charge in [-0.05, 0) is 31.4 Å². The molecule has 1 aromatic rings. The number of sulfone groups is 1. The van der Waals surface area contributed by atoms with Crippen molar-refractivity contribution in [2.75, 3.05) is 18.7 Å². The molecular formula is C13H19NO3S. The fourth-order valence-electron chi connectivity index (χ4n) is 2.53. The molecule has 0 amide bonds. The van der Waals surface area contributed by atoms with Crippen molar-refractivity contribution in [3.05, 3.63) is 24.3 Å². The van der Waals surface area contributed by atoms with Crippen molar-refractivity contribution in [3.8, 4) is 5.75 Å². The Hall–Kier alpha value is -1.23. The summed E-state index contributed by atoms with van der Waals surface area (Å²) in [6, 6.07) is 7.59. The van der Waals surface area contributed by atoms with Gasteiger partial charge in [0.15, 0.2) is 9.84 Å². The van der Waals surface area contributed by atoms with Crippen LogP contribution in [0.1, 0.15) is 19.3 Å². The predicted octanol–water partition coefficient (Wildman–Crippen LogP) is 2.07. The second-order valence-electron chi connectivity index (χ2n) is 4.78. The number of ether oxygens (including phenoxy) is 1. The molecule has 0 heterocycles. The van der Waals surface area contributed by atoms with Crippen LogP contribution in [-0.4, -0.2) is 33.1 Å². The lowest BCUT2D eigenvalue weighted by atomic mass is 10.2. The van der Waals surface area contributed by atoms with Gasteiger partial charge in [-0.15, -0.1) is 0 Å². The first-order valence-electron chi connectivity index (χ1n) is 6.10. The first kappa shape index (κ1) is 13.2. The van der Waals surface area contributed by atoms with E-state index in [0.29, 0.717) is 0 Å². The molecule has 0 saturated heterocycles. The van der Waals surface area contributed by atoms with Crippen LogP contribution in [-0.2, 0) is 9.84 Å². The van der Waals surface area contributed by atoms with Crippen molar-refractivity contribution in [2.24, 2.45) is 0 Å². The van der Waals surface area contributed by atoms with Crippen molar-refractivity contribution in [3.63, 3.8) is 0 Å². The first-order valence-corrected chi connectivity index (χ1v) is 8.05. The molecule has 0 bridgehead atoms. The van der Waals surface area contributed by atoms with Gasteiger partial charge in [0.2, 0.25) is 0 Å². The summed E-state index contributed by atoms with van der Waals surface area (Å²) >= 11 is 0. The van der Waals surface area contributed by atoms with E-state index in [9.17, 15) is 8.42 Å². The fourth-order valence-corrected chi connectivity index (χ4v) is 3.93. The zero-order chi connectivity index (χ0) is 13.2. The Morgan fingerprint density at radius 1 is 1.33 bits per heavy atom. The molecule has 0 spiro atoms. The van der Waals surface area contributed by atoms with Gasteiger partial charge in [-0.2, -0.15) is 0 Å². The van der Waals surface area contributed by atoms with Crippen LogP contribution in [0.5, 0.6) is 5.75 Å². The summed E-state index contributed by atoms with van der Waals surface area (Å²) < 4.78 is 28.5. The van der Waals surface area contributed by atoms with Crippen molar-refractivity contribution >= 4 is 15.5 Å². The largest absolute Gasteiger partial charge is 0.497 e. The summed E-state index contributed by atoms with van der Waals surface area (Å²) in [4.78, 5) is 0. The number of rotatable bonds is 4. The van der Waals surface area contributed by atoms with Gasteiger partial charge in [0.05, 0.1) is 12.4 Å². The van der Waals surface area contributed by atoms with E-state index in [1.54, 1.807) is 7.11 Å². The quantitative estimate of drug-likeness (QED) is 0.909. The Balaban J connectivity index is 2.13. The number of anilines is 1. The van der Waals surface area contributed by atoms with E-state index in [2.05, 4.69) is 5.32 Å².